The largest absolute Gasteiger partial charge is 0.431 e. The molecular weight excluding hydrogens is 363 g/mol. The van der Waals surface area contributed by atoms with Crippen molar-refractivity contribution in [3.63, 3.8) is 0 Å². The van der Waals surface area contributed by atoms with Crippen LogP contribution >= 0.6 is 11.3 Å². The zero-order chi connectivity index (χ0) is 18.4. The minimum atomic E-state index is -4.77. The normalized spacial score (nSPS) is 18.3. The number of rotatable bonds is 2. The van der Waals surface area contributed by atoms with Crippen LogP contribution in [0.2, 0.25) is 0 Å². The number of pyridine rings is 1. The minimum absolute atomic E-state index is 0.0386. The van der Waals surface area contributed by atoms with Crippen LogP contribution in [0.1, 0.15) is 28.2 Å². The van der Waals surface area contributed by atoms with E-state index < -0.39 is 41.1 Å². The van der Waals surface area contributed by atoms with E-state index in [0.29, 0.717) is 6.07 Å². The summed E-state index contributed by atoms with van der Waals surface area (Å²) in [5.74, 6) is -1.95. The van der Waals surface area contributed by atoms with E-state index in [1.807, 2.05) is 0 Å². The number of imide groups is 1. The number of hydrogen-bond donors (Lipinski definition) is 3. The summed E-state index contributed by atoms with van der Waals surface area (Å²) in [6, 6.07) is -0.545. The fraction of sp³-hybridized carbons (Fsp3) is 0.286. The molecule has 3 amide bonds. The standard InChI is InChI=1S/C14H10F3N3O4S/c15-14(16,17)8-3-7(21)5-4-25-11(10(5)19-8)13(24)18-6-1-2-9(22)20-12(6)23/h3-4,6,19H,1-2H2,(H,18,24)(H,20,22,23). The highest BCUT2D eigenvalue weighted by atomic mass is 32.1. The van der Waals surface area contributed by atoms with Crippen molar-refractivity contribution in [1.82, 2.24) is 15.6 Å². The Hall–Kier alpha value is -2.69. The fourth-order valence-corrected chi connectivity index (χ4v) is 3.33. The molecule has 2 aromatic rings. The van der Waals surface area contributed by atoms with Crippen LogP contribution in [-0.4, -0.2) is 28.7 Å². The van der Waals surface area contributed by atoms with Gasteiger partial charge in [-0.15, -0.1) is 11.3 Å². The van der Waals surface area contributed by atoms with Crippen molar-refractivity contribution in [3.8, 4) is 0 Å². The zero-order valence-electron chi connectivity index (χ0n) is 12.3. The maximum absolute atomic E-state index is 12.8. The molecule has 132 valence electrons. The number of aromatic nitrogens is 1. The number of carbonyl (C=O) groups excluding carboxylic acids is 3. The molecule has 3 N–H and O–H groups in total. The summed E-state index contributed by atoms with van der Waals surface area (Å²) >= 11 is 0.786. The first-order valence-corrected chi connectivity index (χ1v) is 7.91. The Bertz CT molecular complexity index is 947. The molecule has 3 heterocycles. The number of hydrogen-bond acceptors (Lipinski definition) is 5. The minimum Gasteiger partial charge on any atom is -0.349 e. The molecule has 0 aromatic carbocycles. The molecule has 1 fully saturated rings. The van der Waals surface area contributed by atoms with Crippen molar-refractivity contribution in [3.05, 3.63) is 32.2 Å². The molecule has 1 aliphatic rings. The summed E-state index contributed by atoms with van der Waals surface area (Å²) < 4.78 is 38.5. The number of carbonyl (C=O) groups is 3. The number of piperidine rings is 1. The van der Waals surface area contributed by atoms with Gasteiger partial charge in [-0.1, -0.05) is 0 Å². The van der Waals surface area contributed by atoms with Crippen LogP contribution < -0.4 is 16.1 Å². The van der Waals surface area contributed by atoms with Crippen LogP contribution in [0.25, 0.3) is 10.9 Å². The van der Waals surface area contributed by atoms with E-state index in [0.717, 1.165) is 11.3 Å². The van der Waals surface area contributed by atoms with Crippen LogP contribution in [0.15, 0.2) is 16.2 Å². The van der Waals surface area contributed by atoms with Crippen molar-refractivity contribution in [1.29, 1.82) is 0 Å². The highest BCUT2D eigenvalue weighted by molar-refractivity contribution is 7.13. The van der Waals surface area contributed by atoms with Gasteiger partial charge in [0, 0.05) is 17.9 Å². The summed E-state index contributed by atoms with van der Waals surface area (Å²) in [6.45, 7) is 0. The number of fused-ring (bicyclic) bond motifs is 1. The molecule has 0 bridgehead atoms. The lowest BCUT2D eigenvalue weighted by Crippen LogP contribution is -2.52. The molecule has 1 aliphatic heterocycles. The van der Waals surface area contributed by atoms with Gasteiger partial charge < -0.3 is 10.3 Å². The van der Waals surface area contributed by atoms with E-state index in [-0.39, 0.29) is 28.6 Å². The molecule has 3 rings (SSSR count). The van der Waals surface area contributed by atoms with Gasteiger partial charge in [0.25, 0.3) is 5.91 Å². The second kappa shape index (κ2) is 5.99. The van der Waals surface area contributed by atoms with Crippen LogP contribution in [0.4, 0.5) is 13.2 Å². The molecule has 0 aliphatic carbocycles. The summed E-state index contributed by atoms with van der Waals surface area (Å²) in [7, 11) is 0. The van der Waals surface area contributed by atoms with E-state index in [4.69, 9.17) is 0 Å². The van der Waals surface area contributed by atoms with Gasteiger partial charge >= 0.3 is 6.18 Å². The van der Waals surface area contributed by atoms with E-state index in [2.05, 4.69) is 15.6 Å². The Labute approximate surface area is 141 Å². The van der Waals surface area contributed by atoms with Gasteiger partial charge in [0.15, 0.2) is 5.43 Å². The molecule has 0 saturated carbocycles. The van der Waals surface area contributed by atoms with Gasteiger partial charge in [-0.25, -0.2) is 0 Å². The molecule has 11 heteroatoms. The Morgan fingerprint density at radius 1 is 1.28 bits per heavy atom. The summed E-state index contributed by atoms with van der Waals surface area (Å²) in [6.07, 6.45) is -4.65. The third-order valence-electron chi connectivity index (χ3n) is 3.65. The van der Waals surface area contributed by atoms with Gasteiger partial charge in [-0.2, -0.15) is 13.2 Å². The first-order chi connectivity index (χ1) is 11.7. The lowest BCUT2D eigenvalue weighted by Gasteiger charge is -2.21. The van der Waals surface area contributed by atoms with Gasteiger partial charge in [-0.05, 0) is 6.42 Å². The second-order valence-electron chi connectivity index (χ2n) is 5.38. The molecule has 0 radical (unpaired) electrons. The summed E-state index contributed by atoms with van der Waals surface area (Å²) in [4.78, 5) is 48.8. The average Bonchev–Trinajstić information content (AvgIpc) is 2.93. The smallest absolute Gasteiger partial charge is 0.349 e. The van der Waals surface area contributed by atoms with E-state index in [1.54, 1.807) is 0 Å². The predicted molar refractivity (Wildman–Crippen MR) is 81.1 cm³/mol. The molecule has 1 atom stereocenters. The topological polar surface area (TPSA) is 108 Å². The maximum atomic E-state index is 12.8. The Kier molecular flexibility index (Phi) is 4.11. The van der Waals surface area contributed by atoms with Gasteiger partial charge in [0.1, 0.15) is 16.6 Å². The number of aromatic amines is 1. The number of alkyl halides is 3. The monoisotopic (exact) mass is 373 g/mol. The first kappa shape index (κ1) is 17.1. The van der Waals surface area contributed by atoms with Gasteiger partial charge in [0.05, 0.1) is 10.9 Å². The molecule has 1 unspecified atom stereocenters. The first-order valence-electron chi connectivity index (χ1n) is 7.03. The third kappa shape index (κ3) is 3.27. The summed E-state index contributed by atoms with van der Waals surface area (Å²) in [5.41, 5.74) is -2.37. The van der Waals surface area contributed by atoms with Crippen molar-refractivity contribution in [2.75, 3.05) is 0 Å². The lowest BCUT2D eigenvalue weighted by atomic mass is 10.1. The molecule has 7 nitrogen and oxygen atoms in total. The zero-order valence-corrected chi connectivity index (χ0v) is 13.1. The average molecular weight is 373 g/mol. The Morgan fingerprint density at radius 3 is 2.64 bits per heavy atom. The van der Waals surface area contributed by atoms with Gasteiger partial charge in [0.2, 0.25) is 11.8 Å². The lowest BCUT2D eigenvalue weighted by molar-refractivity contribution is -0.141. The van der Waals surface area contributed by atoms with Crippen molar-refractivity contribution < 1.29 is 27.6 Å². The summed E-state index contributed by atoms with van der Waals surface area (Å²) in [5, 5.41) is 5.65. The second-order valence-corrected chi connectivity index (χ2v) is 6.26. The highest BCUT2D eigenvalue weighted by Gasteiger charge is 2.34. The van der Waals surface area contributed by atoms with Crippen molar-refractivity contribution >= 4 is 40.0 Å². The quantitative estimate of drug-likeness (QED) is 0.686. The van der Waals surface area contributed by atoms with E-state index >= 15 is 0 Å². The van der Waals surface area contributed by atoms with E-state index in [9.17, 15) is 32.3 Å². The Morgan fingerprint density at radius 2 is 2.00 bits per heavy atom. The highest BCUT2D eigenvalue weighted by Crippen LogP contribution is 2.30. The van der Waals surface area contributed by atoms with Crippen LogP contribution in [-0.2, 0) is 15.8 Å². The van der Waals surface area contributed by atoms with Crippen LogP contribution in [0.3, 0.4) is 0 Å². The molecular formula is C14H10F3N3O4S. The number of amides is 3. The van der Waals surface area contributed by atoms with E-state index in [1.165, 1.54) is 5.38 Å². The maximum Gasteiger partial charge on any atom is 0.431 e. The molecule has 2 aromatic heterocycles. The van der Waals surface area contributed by atoms with Crippen LogP contribution in [0.5, 0.6) is 0 Å². The van der Waals surface area contributed by atoms with Crippen molar-refractivity contribution in [2.24, 2.45) is 0 Å². The van der Waals surface area contributed by atoms with Crippen LogP contribution in [0, 0.1) is 0 Å². The number of nitrogens with one attached hydrogen (secondary N) is 3. The molecule has 0 spiro atoms. The number of thiophene rings is 1. The van der Waals surface area contributed by atoms with Gasteiger partial charge in [-0.3, -0.25) is 24.5 Å². The predicted octanol–water partition coefficient (Wildman–Crippen LogP) is 1.14. The number of H-pyrrole nitrogens is 1. The number of halogens is 3. The SMILES string of the molecule is O=C1CCC(NC(=O)c2scc3c(=O)cc(C(F)(F)F)[nH]c23)C(=O)N1. The molecule has 25 heavy (non-hydrogen) atoms. The molecule has 1 saturated heterocycles. The fourth-order valence-electron chi connectivity index (χ4n) is 2.42. The third-order valence-corrected chi connectivity index (χ3v) is 4.63. The van der Waals surface area contributed by atoms with Crippen molar-refractivity contribution in [2.45, 2.75) is 25.1 Å². The Balaban J connectivity index is 1.94.